The zero-order valence-corrected chi connectivity index (χ0v) is 14.7. The number of nitrogens with one attached hydrogen (secondary N) is 1. The Morgan fingerprint density at radius 3 is 2.12 bits per heavy atom. The molecule has 0 spiro atoms. The first-order valence-electron chi connectivity index (χ1n) is 7.79. The first kappa shape index (κ1) is 16.7. The Balaban J connectivity index is 1.54. The van der Waals surface area contributed by atoms with Crippen molar-refractivity contribution in [2.45, 2.75) is 0 Å². The fourth-order valence-electron chi connectivity index (χ4n) is 2.61. The standard InChI is InChI=1S/C18H18ClN3OS/c19-15-6-8-16(9-7-15)20-18(24)22-12-10-21(11-13-22)17(23)14-4-2-1-3-5-14/h1-9H,10-13H2,(H,20,24). The van der Waals surface area contributed by atoms with E-state index in [1.807, 2.05) is 59.5 Å². The van der Waals surface area contributed by atoms with Crippen molar-refractivity contribution in [3.05, 3.63) is 65.2 Å². The van der Waals surface area contributed by atoms with Crippen LogP contribution in [0.4, 0.5) is 5.69 Å². The molecule has 0 unspecified atom stereocenters. The summed E-state index contributed by atoms with van der Waals surface area (Å²) in [5.41, 5.74) is 1.64. The monoisotopic (exact) mass is 359 g/mol. The van der Waals surface area contributed by atoms with Gasteiger partial charge in [-0.3, -0.25) is 4.79 Å². The van der Waals surface area contributed by atoms with Crippen LogP contribution in [0.1, 0.15) is 10.4 Å². The molecule has 0 radical (unpaired) electrons. The van der Waals surface area contributed by atoms with Gasteiger partial charge in [0.1, 0.15) is 0 Å². The minimum absolute atomic E-state index is 0.0758. The number of thiocarbonyl (C=S) groups is 1. The van der Waals surface area contributed by atoms with Gasteiger partial charge in [-0.05, 0) is 48.6 Å². The summed E-state index contributed by atoms with van der Waals surface area (Å²) in [4.78, 5) is 16.4. The van der Waals surface area contributed by atoms with E-state index in [9.17, 15) is 4.79 Å². The number of piperazine rings is 1. The topological polar surface area (TPSA) is 35.6 Å². The molecule has 1 saturated heterocycles. The Hall–Kier alpha value is -2.11. The van der Waals surface area contributed by atoms with Gasteiger partial charge in [0.2, 0.25) is 0 Å². The molecule has 0 atom stereocenters. The molecule has 124 valence electrons. The maximum atomic E-state index is 12.4. The Morgan fingerprint density at radius 1 is 0.917 bits per heavy atom. The predicted molar refractivity (Wildman–Crippen MR) is 102 cm³/mol. The van der Waals surface area contributed by atoms with Crippen molar-refractivity contribution in [1.82, 2.24) is 9.80 Å². The number of hydrogen-bond acceptors (Lipinski definition) is 2. The van der Waals surface area contributed by atoms with E-state index in [1.165, 1.54) is 0 Å². The molecule has 6 heteroatoms. The van der Waals surface area contributed by atoms with Crippen LogP contribution in [0.2, 0.25) is 5.02 Å². The number of carbonyl (C=O) groups excluding carboxylic acids is 1. The van der Waals surface area contributed by atoms with Crippen LogP contribution in [-0.2, 0) is 0 Å². The molecule has 2 aromatic rings. The second-order valence-electron chi connectivity index (χ2n) is 5.58. The first-order chi connectivity index (χ1) is 11.6. The molecular formula is C18H18ClN3OS. The fourth-order valence-corrected chi connectivity index (χ4v) is 3.04. The van der Waals surface area contributed by atoms with Gasteiger partial charge in [-0.25, -0.2) is 0 Å². The van der Waals surface area contributed by atoms with Crippen LogP contribution in [0.3, 0.4) is 0 Å². The predicted octanol–water partition coefficient (Wildman–Crippen LogP) is 3.49. The van der Waals surface area contributed by atoms with Crippen LogP contribution >= 0.6 is 23.8 Å². The van der Waals surface area contributed by atoms with Crippen molar-refractivity contribution in [1.29, 1.82) is 0 Å². The molecule has 1 amide bonds. The molecule has 3 rings (SSSR count). The van der Waals surface area contributed by atoms with E-state index in [4.69, 9.17) is 23.8 Å². The van der Waals surface area contributed by atoms with E-state index in [0.29, 0.717) is 23.2 Å². The van der Waals surface area contributed by atoms with Crippen LogP contribution < -0.4 is 5.32 Å². The third kappa shape index (κ3) is 4.04. The van der Waals surface area contributed by atoms with Gasteiger partial charge >= 0.3 is 0 Å². The number of hydrogen-bond donors (Lipinski definition) is 1. The van der Waals surface area contributed by atoms with Crippen molar-refractivity contribution in [2.24, 2.45) is 0 Å². The van der Waals surface area contributed by atoms with Crippen molar-refractivity contribution in [3.8, 4) is 0 Å². The summed E-state index contributed by atoms with van der Waals surface area (Å²) in [5, 5.41) is 4.57. The van der Waals surface area contributed by atoms with Gasteiger partial charge in [0.05, 0.1) is 0 Å². The van der Waals surface area contributed by atoms with Crippen LogP contribution in [0.5, 0.6) is 0 Å². The van der Waals surface area contributed by atoms with Crippen LogP contribution in [0, 0.1) is 0 Å². The molecule has 1 N–H and O–H groups in total. The number of anilines is 1. The largest absolute Gasteiger partial charge is 0.345 e. The van der Waals surface area contributed by atoms with Crippen molar-refractivity contribution >= 4 is 40.5 Å². The fraction of sp³-hybridized carbons (Fsp3) is 0.222. The molecule has 2 aromatic carbocycles. The molecule has 1 heterocycles. The highest BCUT2D eigenvalue weighted by Crippen LogP contribution is 2.15. The van der Waals surface area contributed by atoms with Gasteiger partial charge in [0, 0.05) is 42.5 Å². The van der Waals surface area contributed by atoms with Gasteiger partial charge in [-0.1, -0.05) is 29.8 Å². The molecule has 4 nitrogen and oxygen atoms in total. The molecule has 1 aliphatic rings. The van der Waals surface area contributed by atoms with Crippen molar-refractivity contribution in [2.75, 3.05) is 31.5 Å². The lowest BCUT2D eigenvalue weighted by molar-refractivity contribution is 0.0693. The van der Waals surface area contributed by atoms with E-state index in [2.05, 4.69) is 10.2 Å². The van der Waals surface area contributed by atoms with Crippen LogP contribution in [-0.4, -0.2) is 47.0 Å². The van der Waals surface area contributed by atoms with E-state index in [-0.39, 0.29) is 5.91 Å². The van der Waals surface area contributed by atoms with E-state index < -0.39 is 0 Å². The number of benzene rings is 2. The molecule has 1 aliphatic heterocycles. The van der Waals surface area contributed by atoms with Gasteiger partial charge < -0.3 is 15.1 Å². The average Bonchev–Trinajstić information content (AvgIpc) is 2.64. The lowest BCUT2D eigenvalue weighted by Gasteiger charge is -2.36. The summed E-state index contributed by atoms with van der Waals surface area (Å²) in [6.07, 6.45) is 0. The van der Waals surface area contributed by atoms with Gasteiger partial charge in [-0.15, -0.1) is 0 Å². The normalized spacial score (nSPS) is 14.4. The zero-order chi connectivity index (χ0) is 16.9. The van der Waals surface area contributed by atoms with Gasteiger partial charge in [0.15, 0.2) is 5.11 Å². The van der Waals surface area contributed by atoms with E-state index >= 15 is 0 Å². The SMILES string of the molecule is O=C(c1ccccc1)N1CCN(C(=S)Nc2ccc(Cl)cc2)CC1. The highest BCUT2D eigenvalue weighted by Gasteiger charge is 2.23. The number of carbonyl (C=O) groups is 1. The third-order valence-corrected chi connectivity index (χ3v) is 4.58. The van der Waals surface area contributed by atoms with Crippen LogP contribution in [0.15, 0.2) is 54.6 Å². The van der Waals surface area contributed by atoms with Crippen molar-refractivity contribution < 1.29 is 4.79 Å². The lowest BCUT2D eigenvalue weighted by Crippen LogP contribution is -2.51. The highest BCUT2D eigenvalue weighted by molar-refractivity contribution is 7.80. The second kappa shape index (κ2) is 7.64. The lowest BCUT2D eigenvalue weighted by atomic mass is 10.2. The molecule has 0 saturated carbocycles. The Bertz CT molecular complexity index is 713. The molecule has 0 aromatic heterocycles. The number of amides is 1. The summed E-state index contributed by atoms with van der Waals surface area (Å²) in [7, 11) is 0. The summed E-state index contributed by atoms with van der Waals surface area (Å²) in [5.74, 6) is 0.0758. The Labute approximate surface area is 152 Å². The number of rotatable bonds is 2. The zero-order valence-electron chi connectivity index (χ0n) is 13.1. The number of nitrogens with zero attached hydrogens (tertiary/aromatic N) is 2. The maximum absolute atomic E-state index is 12.4. The summed E-state index contributed by atoms with van der Waals surface area (Å²) in [6, 6.07) is 16.8. The van der Waals surface area contributed by atoms with Crippen LogP contribution in [0.25, 0.3) is 0 Å². The van der Waals surface area contributed by atoms with Crippen molar-refractivity contribution in [3.63, 3.8) is 0 Å². The third-order valence-electron chi connectivity index (χ3n) is 3.97. The molecular weight excluding hydrogens is 342 g/mol. The summed E-state index contributed by atoms with van der Waals surface area (Å²) < 4.78 is 0. The minimum atomic E-state index is 0.0758. The second-order valence-corrected chi connectivity index (χ2v) is 6.41. The Morgan fingerprint density at radius 2 is 1.50 bits per heavy atom. The smallest absolute Gasteiger partial charge is 0.253 e. The molecule has 1 fully saturated rings. The molecule has 0 aliphatic carbocycles. The number of halogens is 1. The highest BCUT2D eigenvalue weighted by atomic mass is 35.5. The molecule has 0 bridgehead atoms. The van der Waals surface area contributed by atoms with Gasteiger partial charge in [-0.2, -0.15) is 0 Å². The van der Waals surface area contributed by atoms with Gasteiger partial charge in [0.25, 0.3) is 5.91 Å². The summed E-state index contributed by atoms with van der Waals surface area (Å²) in [6.45, 7) is 2.77. The summed E-state index contributed by atoms with van der Waals surface area (Å²) >= 11 is 11.3. The maximum Gasteiger partial charge on any atom is 0.253 e. The minimum Gasteiger partial charge on any atom is -0.345 e. The van der Waals surface area contributed by atoms with E-state index in [0.717, 1.165) is 24.3 Å². The van der Waals surface area contributed by atoms with E-state index in [1.54, 1.807) is 0 Å². The quantitative estimate of drug-likeness (QED) is 0.832. The Kier molecular flexibility index (Phi) is 5.33. The average molecular weight is 360 g/mol. The molecule has 24 heavy (non-hydrogen) atoms. The first-order valence-corrected chi connectivity index (χ1v) is 8.58.